The molecule has 6 atom stereocenters. The maximum atomic E-state index is 12.4. The summed E-state index contributed by atoms with van der Waals surface area (Å²) in [5, 5.41) is 7.04. The van der Waals surface area contributed by atoms with Crippen LogP contribution >= 0.6 is 11.8 Å². The third kappa shape index (κ3) is 19.3. The van der Waals surface area contributed by atoms with E-state index in [0.29, 0.717) is 80.9 Å². The highest BCUT2D eigenvalue weighted by Crippen LogP contribution is 2.40. The van der Waals surface area contributed by atoms with Gasteiger partial charge in [-0.25, -0.2) is 14.4 Å². The number of aromatic nitrogens is 1. The van der Waals surface area contributed by atoms with Crippen LogP contribution in [0.15, 0.2) is 60.8 Å². The van der Waals surface area contributed by atoms with Crippen LogP contribution in [0.5, 0.6) is 0 Å². The summed E-state index contributed by atoms with van der Waals surface area (Å²) in [6, 6.07) is 19.0. The molecule has 2 fully saturated rings. The number of ether oxygens (including phenoxy) is 5. The van der Waals surface area contributed by atoms with Gasteiger partial charge in [0, 0.05) is 81.9 Å². The standard InChI is InChI=1S/2C23H34N2O4.C17H25ClN2O2/c2*1-23(2,3)29-22(27)25-11-9-16(10-12-25)19(14-21(26)28-4)18-13-17-7-5-6-8-20(17)24-15-18;1-12(7-8-20-18)15(10-17(21)22-2)14-9-13-5-3-4-6-16(13)19-11-14/h13,15-16,19H,5-12,14H2,1-4H3;5-8,16,18-19,24H,9-15H2,1-4H3;3-6,12,14-15,19-20H,7-11H2,1-2H3. The number of aryl methyl sites for hydroxylation is 2. The number of carbonyl (C=O) groups excluding carboxylic acids is 5. The number of rotatable bonds is 15. The van der Waals surface area contributed by atoms with Crippen molar-refractivity contribution in [2.45, 2.75) is 155 Å². The van der Waals surface area contributed by atoms with Crippen LogP contribution in [0.2, 0.25) is 0 Å². The van der Waals surface area contributed by atoms with Crippen LogP contribution in [-0.4, -0.2) is 123 Å². The first-order valence-electron chi connectivity index (χ1n) is 29.3. The molecule has 16 nitrogen and oxygen atoms in total. The van der Waals surface area contributed by atoms with Crippen LogP contribution in [0.1, 0.15) is 147 Å². The summed E-state index contributed by atoms with van der Waals surface area (Å²) in [4.78, 5) is 71.8. The Morgan fingerprint density at radius 3 is 1.68 bits per heavy atom. The molecule has 5 aliphatic rings. The van der Waals surface area contributed by atoms with Gasteiger partial charge in [0.2, 0.25) is 0 Å². The van der Waals surface area contributed by atoms with E-state index in [1.165, 1.54) is 67.9 Å². The SMILES string of the molecule is COC(=O)CC(C(C)CCNCl)C1CNc2ccccc2C1.COC(=O)CC(C1CCN(C(=O)OC(C)(C)C)CC1)C1CNc2ccccc2C1.COC(=O)CC(c1cnc2c(c1)CCCC2)C1CCN(C(=O)OC(C)(C)C)CC1. The van der Waals surface area contributed by atoms with E-state index in [-0.39, 0.29) is 41.9 Å². The molecule has 0 saturated carbocycles. The number of nitrogens with zero attached hydrogens (tertiary/aromatic N) is 3. The summed E-state index contributed by atoms with van der Waals surface area (Å²) in [5.74, 6) is 2.05. The number of piperidine rings is 2. The number of para-hydroxylation sites is 2. The van der Waals surface area contributed by atoms with Crippen molar-refractivity contribution in [2.75, 3.05) is 77.8 Å². The van der Waals surface area contributed by atoms with Crippen molar-refractivity contribution < 1.29 is 47.7 Å². The van der Waals surface area contributed by atoms with Crippen molar-refractivity contribution in [3.8, 4) is 0 Å². The lowest BCUT2D eigenvalue weighted by Gasteiger charge is -2.41. The van der Waals surface area contributed by atoms with Crippen LogP contribution < -0.4 is 15.5 Å². The number of halogens is 1. The number of carbonyl (C=O) groups is 5. The van der Waals surface area contributed by atoms with E-state index in [1.54, 1.807) is 9.80 Å². The lowest BCUT2D eigenvalue weighted by atomic mass is 9.72. The molecule has 1 aliphatic carbocycles. The summed E-state index contributed by atoms with van der Waals surface area (Å²) < 4.78 is 25.9. The highest BCUT2D eigenvalue weighted by Gasteiger charge is 2.38. The van der Waals surface area contributed by atoms with Crippen LogP contribution in [0, 0.1) is 41.4 Å². The molecule has 80 heavy (non-hydrogen) atoms. The normalized spacial score (nSPS) is 19.8. The Hall–Kier alpha value is -5.61. The molecule has 17 heteroatoms. The van der Waals surface area contributed by atoms with Gasteiger partial charge in [-0.1, -0.05) is 49.4 Å². The summed E-state index contributed by atoms with van der Waals surface area (Å²) in [6.45, 7) is 18.7. The maximum absolute atomic E-state index is 12.4. The average molecular weight is 1130 g/mol. The topological polar surface area (TPSA) is 187 Å². The number of hydrogen-bond acceptors (Lipinski definition) is 14. The van der Waals surface area contributed by atoms with Gasteiger partial charge >= 0.3 is 30.1 Å². The van der Waals surface area contributed by atoms with E-state index in [4.69, 9.17) is 40.4 Å². The molecule has 0 radical (unpaired) electrons. The first-order chi connectivity index (χ1) is 38.2. The predicted molar refractivity (Wildman–Crippen MR) is 313 cm³/mol. The molecule has 4 aliphatic heterocycles. The Morgan fingerprint density at radius 1 is 0.650 bits per heavy atom. The highest BCUT2D eigenvalue weighted by atomic mass is 35.5. The molecule has 442 valence electrons. The Bertz CT molecular complexity index is 2480. The lowest BCUT2D eigenvalue weighted by Crippen LogP contribution is -2.45. The number of likely N-dealkylation sites (tertiary alicyclic amines) is 2. The van der Waals surface area contributed by atoms with Gasteiger partial charge in [-0.05, 0) is 206 Å². The van der Waals surface area contributed by atoms with Crippen molar-refractivity contribution >= 4 is 53.2 Å². The Morgan fingerprint density at radius 2 is 1.14 bits per heavy atom. The fourth-order valence-electron chi connectivity index (χ4n) is 12.4. The highest BCUT2D eigenvalue weighted by molar-refractivity contribution is 6.13. The number of pyridine rings is 1. The van der Waals surface area contributed by atoms with Gasteiger partial charge in [-0.15, -0.1) is 0 Å². The number of hydrogen-bond donors (Lipinski definition) is 3. The first kappa shape index (κ1) is 63.6. The minimum atomic E-state index is -0.490. The van der Waals surface area contributed by atoms with Gasteiger partial charge in [0.25, 0.3) is 0 Å². The Kier molecular flexibility index (Phi) is 24.2. The van der Waals surface area contributed by atoms with E-state index in [2.05, 4.69) is 64.9 Å². The van der Waals surface area contributed by atoms with Gasteiger partial charge in [-0.2, -0.15) is 0 Å². The number of amides is 2. The molecule has 2 aromatic carbocycles. The van der Waals surface area contributed by atoms with E-state index in [1.807, 2.05) is 59.9 Å². The second-order valence-electron chi connectivity index (χ2n) is 24.6. The van der Waals surface area contributed by atoms with Crippen LogP contribution in [0.3, 0.4) is 0 Å². The van der Waals surface area contributed by atoms with Crippen molar-refractivity contribution in [2.24, 2.45) is 41.4 Å². The number of anilines is 2. The second kappa shape index (κ2) is 30.4. The third-order valence-corrected chi connectivity index (χ3v) is 17.0. The zero-order valence-corrected chi connectivity index (χ0v) is 50.3. The third-order valence-electron chi connectivity index (χ3n) is 16.8. The van der Waals surface area contributed by atoms with E-state index in [0.717, 1.165) is 83.0 Å². The fraction of sp³-hybridized carbons (Fsp3) is 0.651. The molecule has 5 heterocycles. The summed E-state index contributed by atoms with van der Waals surface area (Å²) in [5.41, 5.74) is 7.74. The Balaban J connectivity index is 0.000000196. The predicted octanol–water partition coefficient (Wildman–Crippen LogP) is 11.6. The van der Waals surface area contributed by atoms with E-state index >= 15 is 0 Å². The molecule has 3 N–H and O–H groups in total. The van der Waals surface area contributed by atoms with Gasteiger partial charge < -0.3 is 44.1 Å². The maximum Gasteiger partial charge on any atom is 0.410 e. The molecule has 3 aromatic rings. The molecule has 2 saturated heterocycles. The monoisotopic (exact) mass is 1130 g/mol. The van der Waals surface area contributed by atoms with Crippen molar-refractivity contribution in [1.82, 2.24) is 19.6 Å². The summed E-state index contributed by atoms with van der Waals surface area (Å²) in [6.07, 6.45) is 13.6. The minimum Gasteiger partial charge on any atom is -0.469 e. The molecule has 0 spiro atoms. The fourth-order valence-corrected chi connectivity index (χ4v) is 12.5. The van der Waals surface area contributed by atoms with Crippen molar-refractivity contribution in [3.05, 3.63) is 88.7 Å². The van der Waals surface area contributed by atoms with Crippen molar-refractivity contribution in [1.29, 1.82) is 0 Å². The second-order valence-corrected chi connectivity index (χ2v) is 24.9. The summed E-state index contributed by atoms with van der Waals surface area (Å²) >= 11 is 5.58. The molecule has 0 bridgehead atoms. The van der Waals surface area contributed by atoms with Gasteiger partial charge in [0.1, 0.15) is 11.2 Å². The van der Waals surface area contributed by atoms with Crippen LogP contribution in [0.25, 0.3) is 0 Å². The zero-order chi connectivity index (χ0) is 58.0. The molecule has 6 unspecified atom stereocenters. The lowest BCUT2D eigenvalue weighted by molar-refractivity contribution is -0.143. The number of esters is 3. The molecule has 8 rings (SSSR count). The smallest absolute Gasteiger partial charge is 0.410 e. The number of nitrogens with one attached hydrogen (secondary N) is 3. The first-order valence-corrected chi connectivity index (χ1v) is 29.7. The van der Waals surface area contributed by atoms with Crippen LogP contribution in [0.4, 0.5) is 21.0 Å². The average Bonchev–Trinajstić information content (AvgIpc) is 3.48. The van der Waals surface area contributed by atoms with E-state index in [9.17, 15) is 24.0 Å². The number of methoxy groups -OCH3 is 3. The van der Waals surface area contributed by atoms with Gasteiger partial charge in [0.05, 0.1) is 27.8 Å². The number of fused-ring (bicyclic) bond motifs is 3. The molecule has 1 aromatic heterocycles. The quantitative estimate of drug-likeness (QED) is 0.0741. The molecular formula is C63H93ClN6O10. The van der Waals surface area contributed by atoms with E-state index < -0.39 is 11.2 Å². The molecular weight excluding hydrogens is 1040 g/mol. The summed E-state index contributed by atoms with van der Waals surface area (Å²) in [7, 11) is 4.35. The number of benzene rings is 2. The van der Waals surface area contributed by atoms with Crippen LogP contribution in [-0.2, 0) is 63.8 Å². The largest absolute Gasteiger partial charge is 0.469 e. The van der Waals surface area contributed by atoms with Gasteiger partial charge in [-0.3, -0.25) is 19.4 Å². The van der Waals surface area contributed by atoms with Crippen molar-refractivity contribution in [3.63, 3.8) is 0 Å². The minimum absolute atomic E-state index is 0.0722. The Labute approximate surface area is 481 Å². The zero-order valence-electron chi connectivity index (χ0n) is 49.5. The molecule has 2 amide bonds. The van der Waals surface area contributed by atoms with Gasteiger partial charge in [0.15, 0.2) is 0 Å².